The number of hydrogen-bond acceptors (Lipinski definition) is 5. The number of nitrogens with one attached hydrogen (secondary N) is 1. The fourth-order valence-corrected chi connectivity index (χ4v) is 2.47. The fourth-order valence-electron chi connectivity index (χ4n) is 1.08. The Morgan fingerprint density at radius 1 is 1.53 bits per heavy atom. The molecule has 0 aliphatic rings. The van der Waals surface area contributed by atoms with Crippen molar-refractivity contribution < 1.29 is 17.9 Å². The first-order valence-corrected chi connectivity index (χ1v) is 6.71. The highest BCUT2D eigenvalue weighted by Crippen LogP contribution is 2.06. The Hall–Kier alpha value is -0.930. The largest absolute Gasteiger partial charge is 0.452 e. The van der Waals surface area contributed by atoms with Crippen molar-refractivity contribution in [3.8, 4) is 0 Å². The molecule has 0 saturated carbocycles. The van der Waals surface area contributed by atoms with Crippen LogP contribution >= 0.6 is 12.2 Å². The molecule has 0 aromatic carbocycles. The molecule has 9 heteroatoms. The summed E-state index contributed by atoms with van der Waals surface area (Å²) in [6.07, 6.45) is -0.791. The summed E-state index contributed by atoms with van der Waals surface area (Å²) in [6.45, 7) is 3.46. The molecule has 0 radical (unpaired) electrons. The Balaban J connectivity index is 4.79. The third-order valence-electron chi connectivity index (χ3n) is 1.86. The van der Waals surface area contributed by atoms with Gasteiger partial charge in [0.05, 0.1) is 12.1 Å². The molecule has 0 rings (SSSR count). The van der Waals surface area contributed by atoms with E-state index in [1.165, 1.54) is 0 Å². The first-order valence-electron chi connectivity index (χ1n) is 4.86. The van der Waals surface area contributed by atoms with Crippen LogP contribution < -0.4 is 10.5 Å². The summed E-state index contributed by atoms with van der Waals surface area (Å²) in [5, 5.41) is 0. The van der Waals surface area contributed by atoms with Gasteiger partial charge in [0.2, 0.25) is 0 Å². The molecular formula is C8H17N3O4S2. The molecule has 0 unspecified atom stereocenters. The Morgan fingerprint density at radius 3 is 2.41 bits per heavy atom. The number of rotatable bonds is 6. The molecule has 0 heterocycles. The Kier molecular flexibility index (Phi) is 6.35. The predicted octanol–water partition coefficient (Wildman–Crippen LogP) is -0.0262. The van der Waals surface area contributed by atoms with Crippen LogP contribution in [-0.4, -0.2) is 43.5 Å². The molecule has 1 amide bonds. The molecule has 0 aliphatic heterocycles. The van der Waals surface area contributed by atoms with Crippen molar-refractivity contribution in [3.05, 3.63) is 0 Å². The van der Waals surface area contributed by atoms with E-state index in [1.54, 1.807) is 18.6 Å². The maximum absolute atomic E-state index is 11.8. The molecule has 100 valence electrons. The van der Waals surface area contributed by atoms with Crippen LogP contribution in [0.1, 0.15) is 20.3 Å². The lowest BCUT2D eigenvalue weighted by atomic mass is 10.3. The summed E-state index contributed by atoms with van der Waals surface area (Å²) < 4.78 is 30.7. The maximum Gasteiger partial charge on any atom is 0.421 e. The van der Waals surface area contributed by atoms with Crippen molar-refractivity contribution in [2.24, 2.45) is 5.73 Å². The number of carbonyl (C=O) groups excluding carboxylic acids is 1. The van der Waals surface area contributed by atoms with E-state index >= 15 is 0 Å². The van der Waals surface area contributed by atoms with Gasteiger partial charge in [-0.25, -0.2) is 9.52 Å². The Bertz CT molecular complexity index is 380. The molecule has 0 fully saturated rings. The third-order valence-corrected chi connectivity index (χ3v) is 3.71. The first-order chi connectivity index (χ1) is 7.70. The zero-order chi connectivity index (χ0) is 13.6. The number of ether oxygens (including phenoxy) is 1. The van der Waals surface area contributed by atoms with E-state index in [2.05, 4.69) is 17.0 Å². The summed E-state index contributed by atoms with van der Waals surface area (Å²) >= 11 is 4.68. The summed E-state index contributed by atoms with van der Waals surface area (Å²) in [7, 11) is -2.85. The minimum atomic E-state index is -3.94. The smallest absolute Gasteiger partial charge is 0.421 e. The minimum Gasteiger partial charge on any atom is -0.452 e. The van der Waals surface area contributed by atoms with Crippen molar-refractivity contribution in [2.45, 2.75) is 26.3 Å². The molecule has 0 atom stereocenters. The van der Waals surface area contributed by atoms with Crippen LogP contribution in [-0.2, 0) is 14.9 Å². The van der Waals surface area contributed by atoms with Gasteiger partial charge in [-0.2, -0.15) is 12.7 Å². The van der Waals surface area contributed by atoms with Crippen LogP contribution in [0.25, 0.3) is 0 Å². The quantitative estimate of drug-likeness (QED) is 0.664. The van der Waals surface area contributed by atoms with Crippen molar-refractivity contribution in [1.29, 1.82) is 0 Å². The minimum absolute atomic E-state index is 0.110. The van der Waals surface area contributed by atoms with Gasteiger partial charge >= 0.3 is 16.3 Å². The van der Waals surface area contributed by atoms with Crippen molar-refractivity contribution >= 4 is 33.5 Å². The Labute approximate surface area is 106 Å². The lowest BCUT2D eigenvalue weighted by Gasteiger charge is -2.25. The van der Waals surface area contributed by atoms with E-state index in [4.69, 9.17) is 5.73 Å². The zero-order valence-corrected chi connectivity index (χ0v) is 11.6. The highest BCUT2D eigenvalue weighted by atomic mass is 32.2. The number of amides is 1. The zero-order valence-electron chi connectivity index (χ0n) is 9.97. The van der Waals surface area contributed by atoms with E-state index < -0.39 is 16.3 Å². The molecule has 0 aromatic rings. The average molecular weight is 283 g/mol. The molecule has 17 heavy (non-hydrogen) atoms. The van der Waals surface area contributed by atoms with Gasteiger partial charge in [0, 0.05) is 19.0 Å². The monoisotopic (exact) mass is 283 g/mol. The third kappa shape index (κ3) is 5.80. The standard InChI is InChI=1S/C8H17N3O4S2/c1-6(2)11(5-4-7(9)16)17(13,14)10-8(12)15-3/h6H,4-5H2,1-3H3,(H2,9,16)(H,10,12). The highest BCUT2D eigenvalue weighted by Gasteiger charge is 2.26. The van der Waals surface area contributed by atoms with Crippen LogP contribution in [0.4, 0.5) is 4.79 Å². The van der Waals surface area contributed by atoms with E-state index in [1.807, 2.05) is 0 Å². The SMILES string of the molecule is COC(=O)NS(=O)(=O)N(CCC(N)=S)C(C)C. The average Bonchev–Trinajstić information content (AvgIpc) is 2.15. The maximum atomic E-state index is 11.8. The molecule has 0 saturated heterocycles. The van der Waals surface area contributed by atoms with Crippen LogP contribution in [0.3, 0.4) is 0 Å². The molecule has 0 aromatic heterocycles. The second-order valence-electron chi connectivity index (χ2n) is 3.52. The Morgan fingerprint density at radius 2 is 2.06 bits per heavy atom. The van der Waals surface area contributed by atoms with Gasteiger partial charge in [-0.3, -0.25) is 0 Å². The van der Waals surface area contributed by atoms with E-state index in [-0.39, 0.29) is 24.0 Å². The lowest BCUT2D eigenvalue weighted by Crippen LogP contribution is -2.47. The van der Waals surface area contributed by atoms with E-state index in [0.717, 1.165) is 11.4 Å². The normalized spacial score (nSPS) is 11.6. The second-order valence-corrected chi connectivity index (χ2v) is 5.67. The van der Waals surface area contributed by atoms with Gasteiger partial charge in [0.15, 0.2) is 0 Å². The van der Waals surface area contributed by atoms with Crippen molar-refractivity contribution in [2.75, 3.05) is 13.7 Å². The molecular weight excluding hydrogens is 266 g/mol. The van der Waals surface area contributed by atoms with Gasteiger partial charge in [-0.05, 0) is 13.8 Å². The summed E-state index contributed by atoms with van der Waals surface area (Å²) in [5.41, 5.74) is 5.31. The van der Waals surface area contributed by atoms with Gasteiger partial charge in [0.1, 0.15) is 0 Å². The van der Waals surface area contributed by atoms with Gasteiger partial charge < -0.3 is 10.5 Å². The highest BCUT2D eigenvalue weighted by molar-refractivity contribution is 7.87. The number of nitrogens with two attached hydrogens (primary N) is 1. The number of carbonyl (C=O) groups is 1. The lowest BCUT2D eigenvalue weighted by molar-refractivity contribution is 0.176. The molecule has 0 aliphatic carbocycles. The number of hydrogen-bond donors (Lipinski definition) is 2. The molecule has 3 N–H and O–H groups in total. The fraction of sp³-hybridized carbons (Fsp3) is 0.750. The summed E-state index contributed by atoms with van der Waals surface area (Å²) in [4.78, 5) is 11.1. The molecule has 0 bridgehead atoms. The number of thiocarbonyl (C=S) groups is 1. The van der Waals surface area contributed by atoms with Crippen LogP contribution in [0.15, 0.2) is 0 Å². The second kappa shape index (κ2) is 6.72. The van der Waals surface area contributed by atoms with Crippen LogP contribution in [0.2, 0.25) is 0 Å². The van der Waals surface area contributed by atoms with E-state index in [0.29, 0.717) is 0 Å². The first kappa shape index (κ1) is 16.1. The topological polar surface area (TPSA) is 102 Å². The summed E-state index contributed by atoms with van der Waals surface area (Å²) in [5.74, 6) is 0. The van der Waals surface area contributed by atoms with Gasteiger partial charge in [0.25, 0.3) is 0 Å². The summed E-state index contributed by atoms with van der Waals surface area (Å²) in [6, 6.07) is -0.327. The van der Waals surface area contributed by atoms with Crippen molar-refractivity contribution in [3.63, 3.8) is 0 Å². The number of nitrogens with zero attached hydrogens (tertiary/aromatic N) is 1. The predicted molar refractivity (Wildman–Crippen MR) is 67.7 cm³/mol. The van der Waals surface area contributed by atoms with E-state index in [9.17, 15) is 13.2 Å². The molecule has 7 nitrogen and oxygen atoms in total. The van der Waals surface area contributed by atoms with Crippen LogP contribution in [0.5, 0.6) is 0 Å². The van der Waals surface area contributed by atoms with Gasteiger partial charge in [-0.15, -0.1) is 0 Å². The number of methoxy groups -OCH3 is 1. The van der Waals surface area contributed by atoms with Crippen molar-refractivity contribution in [1.82, 2.24) is 9.03 Å². The van der Waals surface area contributed by atoms with Gasteiger partial charge in [-0.1, -0.05) is 12.2 Å². The molecule has 0 spiro atoms. The van der Waals surface area contributed by atoms with Crippen LogP contribution in [0, 0.1) is 0 Å².